The van der Waals surface area contributed by atoms with E-state index >= 15 is 0 Å². The van der Waals surface area contributed by atoms with Crippen molar-refractivity contribution in [3.63, 3.8) is 0 Å². The Bertz CT molecular complexity index is 422. The molecule has 0 heterocycles. The molecule has 4 nitrogen and oxygen atoms in total. The molecule has 0 saturated carbocycles. The second kappa shape index (κ2) is 6.10. The van der Waals surface area contributed by atoms with Gasteiger partial charge in [-0.2, -0.15) is 4.79 Å². The molecule has 16 heavy (non-hydrogen) atoms. The summed E-state index contributed by atoms with van der Waals surface area (Å²) in [7, 11) is 0. The second-order valence-electron chi connectivity index (χ2n) is 2.90. The zero-order valence-corrected chi connectivity index (χ0v) is 9.95. The van der Waals surface area contributed by atoms with E-state index in [1.54, 1.807) is 30.8 Å². The lowest BCUT2D eigenvalue weighted by atomic mass is 10.1. The quantitative estimate of drug-likeness (QED) is 0.264. The van der Waals surface area contributed by atoms with Gasteiger partial charge in [-0.05, 0) is 37.4 Å². The number of rotatable bonds is 4. The van der Waals surface area contributed by atoms with Crippen LogP contribution in [0.5, 0.6) is 0 Å². The van der Waals surface area contributed by atoms with Gasteiger partial charge in [0.15, 0.2) is 0 Å². The van der Waals surface area contributed by atoms with Crippen molar-refractivity contribution in [1.82, 2.24) is 0 Å². The summed E-state index contributed by atoms with van der Waals surface area (Å²) in [5, 5.41) is 0. The normalized spacial score (nSPS) is 9.38. The molecule has 84 valence electrons. The molecule has 0 atom stereocenters. The average molecular weight is 236 g/mol. The van der Waals surface area contributed by atoms with Crippen LogP contribution in [0.2, 0.25) is 0 Å². The van der Waals surface area contributed by atoms with Crippen molar-refractivity contribution in [2.45, 2.75) is 11.8 Å². The molecular formula is C11H12N2O2S. The lowest BCUT2D eigenvalue weighted by molar-refractivity contribution is -0.139. The van der Waals surface area contributed by atoms with Gasteiger partial charge in [-0.15, -0.1) is 11.8 Å². The van der Waals surface area contributed by atoms with Crippen LogP contribution in [0.15, 0.2) is 29.2 Å². The lowest BCUT2D eigenvalue weighted by Crippen LogP contribution is -2.19. The van der Waals surface area contributed by atoms with Gasteiger partial charge in [0, 0.05) is 4.90 Å². The number of hydrogen-bond acceptors (Lipinski definition) is 3. The van der Waals surface area contributed by atoms with Gasteiger partial charge in [-0.3, -0.25) is 0 Å². The topological polar surface area (TPSA) is 62.7 Å². The summed E-state index contributed by atoms with van der Waals surface area (Å²) < 4.78 is 4.77. The average Bonchev–Trinajstić information content (AvgIpc) is 2.31. The number of carbonyl (C=O) groups excluding carboxylic acids is 1. The van der Waals surface area contributed by atoms with Crippen LogP contribution in [0.4, 0.5) is 0 Å². The van der Waals surface area contributed by atoms with E-state index in [4.69, 9.17) is 10.3 Å². The largest absolute Gasteiger partial charge is 0.457 e. The molecule has 0 aliphatic carbocycles. The van der Waals surface area contributed by atoms with E-state index in [1.165, 1.54) is 0 Å². The molecule has 0 unspecified atom stereocenters. The molecule has 0 aromatic heterocycles. The fraction of sp³-hybridized carbons (Fsp3) is 0.273. The van der Waals surface area contributed by atoms with E-state index in [1.807, 2.05) is 18.4 Å². The number of hydrogen-bond donors (Lipinski definition) is 0. The zero-order valence-electron chi connectivity index (χ0n) is 9.14. The van der Waals surface area contributed by atoms with E-state index in [9.17, 15) is 4.79 Å². The minimum atomic E-state index is -0.623. The number of nitrogens with zero attached hydrogens (tertiary/aromatic N) is 2. The first-order chi connectivity index (χ1) is 7.72. The summed E-state index contributed by atoms with van der Waals surface area (Å²) in [4.78, 5) is 15.5. The third kappa shape index (κ3) is 2.95. The molecule has 0 aliphatic heterocycles. The van der Waals surface area contributed by atoms with Crippen LogP contribution in [0.25, 0.3) is 5.53 Å². The van der Waals surface area contributed by atoms with Crippen molar-refractivity contribution < 1.29 is 14.3 Å². The van der Waals surface area contributed by atoms with Crippen molar-refractivity contribution in [1.29, 1.82) is 0 Å². The molecule has 0 bridgehead atoms. The molecule has 5 heteroatoms. The zero-order chi connectivity index (χ0) is 12.0. The summed E-state index contributed by atoms with van der Waals surface area (Å²) in [5.74, 6) is -0.623. The van der Waals surface area contributed by atoms with E-state index in [2.05, 4.69) is 4.79 Å². The van der Waals surface area contributed by atoms with Crippen LogP contribution in [0.1, 0.15) is 12.5 Å². The van der Waals surface area contributed by atoms with E-state index < -0.39 is 5.97 Å². The fourth-order valence-corrected chi connectivity index (χ4v) is 1.57. The second-order valence-corrected chi connectivity index (χ2v) is 3.78. The van der Waals surface area contributed by atoms with Crippen molar-refractivity contribution in [3.8, 4) is 0 Å². The van der Waals surface area contributed by atoms with Crippen molar-refractivity contribution in [2.75, 3.05) is 12.9 Å². The molecule has 0 saturated heterocycles. The Morgan fingerprint density at radius 3 is 2.50 bits per heavy atom. The van der Waals surface area contributed by atoms with E-state index in [0.29, 0.717) is 5.56 Å². The number of carbonyl (C=O) groups is 1. The highest BCUT2D eigenvalue weighted by atomic mass is 32.2. The standard InChI is InChI=1S/C11H12N2O2S/c1-3-15-11(14)10(13-12)8-4-6-9(16-2)7-5-8/h4-7H,3H2,1-2H3. The Kier molecular flexibility index (Phi) is 4.76. The molecule has 1 aromatic rings. The Morgan fingerprint density at radius 2 is 2.06 bits per heavy atom. The highest BCUT2D eigenvalue weighted by Gasteiger charge is 2.23. The third-order valence-electron chi connectivity index (χ3n) is 1.93. The number of thioether (sulfide) groups is 1. The van der Waals surface area contributed by atoms with Crippen LogP contribution >= 0.6 is 11.8 Å². The van der Waals surface area contributed by atoms with E-state index in [-0.39, 0.29) is 12.3 Å². The van der Waals surface area contributed by atoms with Gasteiger partial charge < -0.3 is 10.3 Å². The van der Waals surface area contributed by atoms with Crippen LogP contribution in [0.3, 0.4) is 0 Å². The number of esters is 1. The van der Waals surface area contributed by atoms with Crippen LogP contribution < -0.4 is 0 Å². The molecule has 0 N–H and O–H groups in total. The molecule has 1 rings (SSSR count). The van der Waals surface area contributed by atoms with Crippen LogP contribution in [-0.4, -0.2) is 29.3 Å². The van der Waals surface area contributed by atoms with Gasteiger partial charge in [-0.1, -0.05) is 0 Å². The molecule has 0 amide bonds. The summed E-state index contributed by atoms with van der Waals surface area (Å²) in [6.45, 7) is 1.95. The van der Waals surface area contributed by atoms with Crippen molar-refractivity contribution in [2.24, 2.45) is 0 Å². The first-order valence-electron chi connectivity index (χ1n) is 4.76. The number of ether oxygens (including phenoxy) is 1. The fourth-order valence-electron chi connectivity index (χ4n) is 1.16. The van der Waals surface area contributed by atoms with Crippen LogP contribution in [-0.2, 0) is 9.53 Å². The summed E-state index contributed by atoms with van der Waals surface area (Å²) >= 11 is 1.60. The van der Waals surface area contributed by atoms with Crippen molar-refractivity contribution >= 4 is 23.4 Å². The summed E-state index contributed by atoms with van der Waals surface area (Å²) in [6, 6.07) is 7.14. The van der Waals surface area contributed by atoms with Gasteiger partial charge in [0.05, 0.1) is 12.2 Å². The van der Waals surface area contributed by atoms with Crippen molar-refractivity contribution in [3.05, 3.63) is 35.4 Å². The van der Waals surface area contributed by atoms with Gasteiger partial charge in [0.25, 0.3) is 0 Å². The minimum Gasteiger partial charge on any atom is -0.457 e. The predicted octanol–water partition coefficient (Wildman–Crippen LogP) is 1.99. The highest BCUT2D eigenvalue weighted by Crippen LogP contribution is 2.15. The Morgan fingerprint density at radius 1 is 1.44 bits per heavy atom. The molecular weight excluding hydrogens is 224 g/mol. The number of benzene rings is 1. The Labute approximate surface area is 98.2 Å². The van der Waals surface area contributed by atoms with Crippen LogP contribution in [0, 0.1) is 0 Å². The summed E-state index contributed by atoms with van der Waals surface area (Å²) in [6.07, 6.45) is 1.96. The maximum absolute atomic E-state index is 11.4. The van der Waals surface area contributed by atoms with Gasteiger partial charge in [0.2, 0.25) is 0 Å². The maximum Gasteiger partial charge on any atom is 0.422 e. The molecule has 0 spiro atoms. The van der Waals surface area contributed by atoms with Gasteiger partial charge >= 0.3 is 11.7 Å². The maximum atomic E-state index is 11.4. The van der Waals surface area contributed by atoms with E-state index in [0.717, 1.165) is 4.90 Å². The Hall–Kier alpha value is -1.58. The SMILES string of the molecule is CCOC(=O)C(=[N+]=[N-])c1ccc(SC)cc1. The van der Waals surface area contributed by atoms with Gasteiger partial charge in [0.1, 0.15) is 0 Å². The molecule has 0 radical (unpaired) electrons. The first-order valence-corrected chi connectivity index (χ1v) is 5.99. The molecule has 1 aromatic carbocycles. The molecule has 0 aliphatic rings. The lowest BCUT2D eigenvalue weighted by Gasteiger charge is -1.99. The monoisotopic (exact) mass is 236 g/mol. The minimum absolute atomic E-state index is 0.0745. The molecule has 0 fully saturated rings. The first kappa shape index (κ1) is 12.5. The smallest absolute Gasteiger partial charge is 0.422 e. The van der Waals surface area contributed by atoms with Gasteiger partial charge in [-0.25, -0.2) is 4.79 Å². The third-order valence-corrected chi connectivity index (χ3v) is 2.68. The predicted molar refractivity (Wildman–Crippen MR) is 62.6 cm³/mol. The summed E-state index contributed by atoms with van der Waals surface area (Å²) in [5.41, 5.74) is 9.25. The highest BCUT2D eigenvalue weighted by molar-refractivity contribution is 7.98. The Balaban J connectivity index is 2.97.